The van der Waals surface area contributed by atoms with Crippen LogP contribution in [0.1, 0.15) is 39.5 Å². The first-order chi connectivity index (χ1) is 7.02. The molecule has 15 heavy (non-hydrogen) atoms. The van der Waals surface area contributed by atoms with E-state index in [4.69, 9.17) is 4.74 Å². The van der Waals surface area contributed by atoms with Gasteiger partial charge >= 0.3 is 0 Å². The summed E-state index contributed by atoms with van der Waals surface area (Å²) in [5.41, 5.74) is -1.16. The van der Waals surface area contributed by atoms with Crippen molar-refractivity contribution < 1.29 is 14.6 Å². The zero-order valence-corrected chi connectivity index (χ0v) is 9.80. The monoisotopic (exact) mass is 215 g/mol. The highest BCUT2D eigenvalue weighted by Crippen LogP contribution is 2.32. The lowest BCUT2D eigenvalue weighted by molar-refractivity contribution is -0.146. The summed E-state index contributed by atoms with van der Waals surface area (Å²) in [6.45, 7) is 3.70. The molecule has 1 aliphatic rings. The zero-order valence-electron chi connectivity index (χ0n) is 9.80. The van der Waals surface area contributed by atoms with Crippen molar-refractivity contribution in [3.8, 4) is 0 Å². The Labute approximate surface area is 91.0 Å². The van der Waals surface area contributed by atoms with Gasteiger partial charge in [-0.15, -0.1) is 0 Å². The van der Waals surface area contributed by atoms with Crippen LogP contribution < -0.4 is 5.32 Å². The van der Waals surface area contributed by atoms with Crippen LogP contribution in [0.25, 0.3) is 0 Å². The largest absolute Gasteiger partial charge is 0.394 e. The van der Waals surface area contributed by atoms with Crippen LogP contribution in [-0.4, -0.2) is 35.9 Å². The van der Waals surface area contributed by atoms with Gasteiger partial charge in [-0.05, 0) is 32.6 Å². The van der Waals surface area contributed by atoms with Crippen LogP contribution in [0.4, 0.5) is 0 Å². The number of rotatable bonds is 5. The Kier molecular flexibility index (Phi) is 3.73. The van der Waals surface area contributed by atoms with Gasteiger partial charge in [0.05, 0.1) is 12.1 Å². The molecule has 1 fully saturated rings. The number of hydrogen-bond acceptors (Lipinski definition) is 3. The van der Waals surface area contributed by atoms with Crippen molar-refractivity contribution in [3.05, 3.63) is 0 Å². The van der Waals surface area contributed by atoms with Crippen molar-refractivity contribution in [3.63, 3.8) is 0 Å². The maximum absolute atomic E-state index is 11.9. The number of aliphatic hydroxyl groups is 1. The molecule has 0 heterocycles. The molecular formula is C11H21NO3. The fourth-order valence-corrected chi connectivity index (χ4v) is 1.70. The van der Waals surface area contributed by atoms with Crippen LogP contribution in [0.5, 0.6) is 0 Å². The van der Waals surface area contributed by atoms with Gasteiger partial charge in [-0.25, -0.2) is 0 Å². The predicted molar refractivity (Wildman–Crippen MR) is 57.5 cm³/mol. The van der Waals surface area contributed by atoms with Crippen molar-refractivity contribution in [1.82, 2.24) is 5.32 Å². The lowest BCUT2D eigenvalue weighted by Gasteiger charge is -2.43. The normalized spacial score (nSPS) is 22.7. The molecule has 2 N–H and O–H groups in total. The second kappa shape index (κ2) is 4.49. The number of amides is 1. The number of carbonyl (C=O) groups excluding carboxylic acids is 1. The van der Waals surface area contributed by atoms with E-state index in [1.54, 1.807) is 6.92 Å². The Balaban J connectivity index is 2.61. The first-order valence-corrected chi connectivity index (χ1v) is 5.50. The minimum Gasteiger partial charge on any atom is -0.394 e. The van der Waals surface area contributed by atoms with Gasteiger partial charge in [0.25, 0.3) is 5.91 Å². The van der Waals surface area contributed by atoms with E-state index in [0.717, 1.165) is 19.3 Å². The van der Waals surface area contributed by atoms with Crippen LogP contribution in [0.15, 0.2) is 0 Å². The highest BCUT2D eigenvalue weighted by molar-refractivity contribution is 5.85. The smallest absolute Gasteiger partial charge is 0.252 e. The minimum absolute atomic E-state index is 0.0161. The number of hydrogen-bond donors (Lipinski definition) is 2. The molecule has 0 aromatic rings. The SMILES string of the molecule is CCC(C)(OC)C(=O)NC1(CO)CCC1. The van der Waals surface area contributed by atoms with Gasteiger partial charge in [-0.2, -0.15) is 0 Å². The molecule has 0 aromatic carbocycles. The molecule has 0 aromatic heterocycles. The van der Waals surface area contributed by atoms with Gasteiger partial charge in [0, 0.05) is 7.11 Å². The number of aliphatic hydroxyl groups excluding tert-OH is 1. The topological polar surface area (TPSA) is 58.6 Å². The third-order valence-electron chi connectivity index (χ3n) is 3.60. The molecule has 1 amide bonds. The van der Waals surface area contributed by atoms with E-state index in [0.29, 0.717) is 6.42 Å². The summed E-state index contributed by atoms with van der Waals surface area (Å²) in [6, 6.07) is 0. The summed E-state index contributed by atoms with van der Waals surface area (Å²) in [5.74, 6) is -0.124. The second-order valence-corrected chi connectivity index (χ2v) is 4.53. The lowest BCUT2D eigenvalue weighted by Crippen LogP contribution is -2.61. The fourth-order valence-electron chi connectivity index (χ4n) is 1.70. The van der Waals surface area contributed by atoms with Crippen LogP contribution in [-0.2, 0) is 9.53 Å². The van der Waals surface area contributed by atoms with Crippen LogP contribution >= 0.6 is 0 Å². The Morgan fingerprint density at radius 1 is 1.60 bits per heavy atom. The predicted octanol–water partition coefficient (Wildman–Crippen LogP) is 0.833. The molecule has 0 spiro atoms. The highest BCUT2D eigenvalue weighted by Gasteiger charge is 2.42. The van der Waals surface area contributed by atoms with Gasteiger partial charge in [0.1, 0.15) is 5.60 Å². The Bertz CT molecular complexity index is 226. The Morgan fingerprint density at radius 3 is 2.47 bits per heavy atom. The third kappa shape index (κ3) is 2.32. The van der Waals surface area contributed by atoms with Crippen LogP contribution in [0.2, 0.25) is 0 Å². The quantitative estimate of drug-likeness (QED) is 0.714. The summed E-state index contributed by atoms with van der Waals surface area (Å²) in [5, 5.41) is 12.1. The van der Waals surface area contributed by atoms with E-state index >= 15 is 0 Å². The van der Waals surface area contributed by atoms with E-state index in [2.05, 4.69) is 5.32 Å². The van der Waals surface area contributed by atoms with E-state index < -0.39 is 5.60 Å². The van der Waals surface area contributed by atoms with Gasteiger partial charge in [0.2, 0.25) is 0 Å². The van der Waals surface area contributed by atoms with Crippen LogP contribution in [0, 0.1) is 0 Å². The van der Waals surface area contributed by atoms with E-state index in [1.807, 2.05) is 6.92 Å². The Hall–Kier alpha value is -0.610. The molecule has 0 bridgehead atoms. The van der Waals surface area contributed by atoms with Gasteiger partial charge in [-0.3, -0.25) is 4.79 Å². The average Bonchev–Trinajstić information content (AvgIpc) is 2.21. The van der Waals surface area contributed by atoms with Crippen molar-refractivity contribution in [2.45, 2.75) is 50.7 Å². The summed E-state index contributed by atoms with van der Waals surface area (Å²) >= 11 is 0. The minimum atomic E-state index is -0.780. The van der Waals surface area contributed by atoms with E-state index in [-0.39, 0.29) is 18.1 Å². The molecule has 4 heteroatoms. The molecule has 1 rings (SSSR count). The first kappa shape index (κ1) is 12.5. The van der Waals surface area contributed by atoms with Gasteiger partial charge in [0.15, 0.2) is 0 Å². The van der Waals surface area contributed by atoms with Crippen molar-refractivity contribution in [1.29, 1.82) is 0 Å². The number of carbonyl (C=O) groups is 1. The maximum Gasteiger partial charge on any atom is 0.252 e. The lowest BCUT2D eigenvalue weighted by atomic mass is 9.77. The van der Waals surface area contributed by atoms with Crippen LogP contribution in [0.3, 0.4) is 0 Å². The molecule has 0 radical (unpaired) electrons. The highest BCUT2D eigenvalue weighted by atomic mass is 16.5. The molecule has 4 nitrogen and oxygen atoms in total. The molecule has 0 aliphatic heterocycles. The third-order valence-corrected chi connectivity index (χ3v) is 3.60. The van der Waals surface area contributed by atoms with Gasteiger partial charge in [-0.1, -0.05) is 6.92 Å². The maximum atomic E-state index is 11.9. The molecule has 1 atom stereocenters. The Morgan fingerprint density at radius 2 is 2.20 bits per heavy atom. The molecule has 88 valence electrons. The summed E-state index contributed by atoms with van der Waals surface area (Å²) in [7, 11) is 1.54. The van der Waals surface area contributed by atoms with Gasteiger partial charge < -0.3 is 15.2 Å². The molecule has 1 saturated carbocycles. The molecular weight excluding hydrogens is 194 g/mol. The molecule has 0 saturated heterocycles. The summed E-state index contributed by atoms with van der Waals surface area (Å²) in [6.07, 6.45) is 3.41. The standard InChI is InChI=1S/C11H21NO3/c1-4-10(2,15-3)9(14)12-11(8-13)6-5-7-11/h13H,4-8H2,1-3H3,(H,12,14). The fraction of sp³-hybridized carbons (Fsp3) is 0.909. The van der Waals surface area contributed by atoms with E-state index in [1.165, 1.54) is 7.11 Å². The summed E-state index contributed by atoms with van der Waals surface area (Å²) in [4.78, 5) is 11.9. The van der Waals surface area contributed by atoms with Crippen molar-refractivity contribution >= 4 is 5.91 Å². The second-order valence-electron chi connectivity index (χ2n) is 4.53. The first-order valence-electron chi connectivity index (χ1n) is 5.50. The number of methoxy groups -OCH3 is 1. The molecule has 1 unspecified atom stereocenters. The number of nitrogens with one attached hydrogen (secondary N) is 1. The zero-order chi connectivity index (χ0) is 11.5. The van der Waals surface area contributed by atoms with E-state index in [9.17, 15) is 9.90 Å². The van der Waals surface area contributed by atoms with Crippen molar-refractivity contribution in [2.24, 2.45) is 0 Å². The number of ether oxygens (including phenoxy) is 1. The van der Waals surface area contributed by atoms with Crippen molar-refractivity contribution in [2.75, 3.05) is 13.7 Å². The average molecular weight is 215 g/mol. The molecule has 1 aliphatic carbocycles. The summed E-state index contributed by atoms with van der Waals surface area (Å²) < 4.78 is 5.21.